The maximum Gasteiger partial charge on any atom is 0.243 e. The van der Waals surface area contributed by atoms with Crippen molar-refractivity contribution in [3.63, 3.8) is 0 Å². The number of hydrogen-bond acceptors (Lipinski definition) is 3. The van der Waals surface area contributed by atoms with Crippen molar-refractivity contribution in [3.8, 4) is 0 Å². The largest absolute Gasteiger partial charge is 0.373 e. The van der Waals surface area contributed by atoms with Crippen LogP contribution in [0.2, 0.25) is 0 Å². The summed E-state index contributed by atoms with van der Waals surface area (Å²) in [7, 11) is 0. The molecule has 1 aliphatic rings. The van der Waals surface area contributed by atoms with E-state index >= 15 is 0 Å². The van der Waals surface area contributed by atoms with Crippen LogP contribution >= 0.6 is 0 Å². The van der Waals surface area contributed by atoms with E-state index in [4.69, 9.17) is 0 Å². The van der Waals surface area contributed by atoms with Crippen molar-refractivity contribution in [1.82, 2.24) is 10.3 Å². The van der Waals surface area contributed by atoms with Crippen LogP contribution in [-0.2, 0) is 11.2 Å². The summed E-state index contributed by atoms with van der Waals surface area (Å²) in [6.45, 7) is 1.98. The lowest BCUT2D eigenvalue weighted by molar-refractivity contribution is -0.122. The van der Waals surface area contributed by atoms with Gasteiger partial charge in [0.1, 0.15) is 6.04 Å². The third-order valence-electron chi connectivity index (χ3n) is 3.65. The van der Waals surface area contributed by atoms with Crippen LogP contribution in [0.1, 0.15) is 24.1 Å². The number of para-hydroxylation sites is 1. The van der Waals surface area contributed by atoms with Crippen LogP contribution in [0, 0.1) is 0 Å². The molecule has 0 spiro atoms. The van der Waals surface area contributed by atoms with E-state index < -0.39 is 0 Å². The topological polar surface area (TPSA) is 54.0 Å². The molecule has 1 aromatic carbocycles. The van der Waals surface area contributed by atoms with Crippen molar-refractivity contribution in [2.24, 2.45) is 0 Å². The van der Waals surface area contributed by atoms with E-state index in [9.17, 15) is 4.79 Å². The first-order valence-electron chi connectivity index (χ1n) is 6.79. The molecule has 4 heteroatoms. The Morgan fingerprint density at radius 3 is 2.80 bits per heavy atom. The molecule has 1 unspecified atom stereocenters. The van der Waals surface area contributed by atoms with Gasteiger partial charge in [-0.1, -0.05) is 18.2 Å². The molecule has 3 rings (SSSR count). The molecule has 0 saturated carbocycles. The fourth-order valence-electron chi connectivity index (χ4n) is 2.51. The van der Waals surface area contributed by atoms with E-state index in [0.29, 0.717) is 0 Å². The molecule has 2 N–H and O–H groups in total. The molecule has 1 amide bonds. The van der Waals surface area contributed by atoms with Crippen LogP contribution in [0.4, 0.5) is 5.69 Å². The minimum Gasteiger partial charge on any atom is -0.373 e. The lowest BCUT2D eigenvalue weighted by Crippen LogP contribution is -2.39. The minimum absolute atomic E-state index is 0.0176. The van der Waals surface area contributed by atoms with Crippen LogP contribution in [0.25, 0.3) is 0 Å². The third-order valence-corrected chi connectivity index (χ3v) is 3.65. The summed E-state index contributed by atoms with van der Waals surface area (Å²) in [4.78, 5) is 16.3. The van der Waals surface area contributed by atoms with E-state index in [2.05, 4.69) is 21.7 Å². The molecular formula is C16H17N3O. The van der Waals surface area contributed by atoms with E-state index in [-0.39, 0.29) is 18.0 Å². The lowest BCUT2D eigenvalue weighted by atomic mass is 10.1. The first kappa shape index (κ1) is 12.7. The number of aromatic nitrogens is 1. The Labute approximate surface area is 118 Å². The number of nitrogens with one attached hydrogen (secondary N) is 2. The summed E-state index contributed by atoms with van der Waals surface area (Å²) in [6.07, 6.45) is 4.22. The molecule has 4 nitrogen and oxygen atoms in total. The van der Waals surface area contributed by atoms with Crippen molar-refractivity contribution in [3.05, 3.63) is 59.9 Å². The van der Waals surface area contributed by atoms with Crippen molar-refractivity contribution >= 4 is 11.6 Å². The number of pyridine rings is 1. The first-order chi connectivity index (χ1) is 9.74. The second kappa shape index (κ2) is 5.33. The Hall–Kier alpha value is -2.36. The summed E-state index contributed by atoms with van der Waals surface area (Å²) in [6, 6.07) is 11.7. The molecule has 0 bridgehead atoms. The molecule has 2 heterocycles. The Balaban J connectivity index is 1.64. The Bertz CT molecular complexity index is 587. The monoisotopic (exact) mass is 267 g/mol. The molecule has 2 aromatic rings. The number of carbonyl (C=O) groups excluding carboxylic acids is 1. The van der Waals surface area contributed by atoms with E-state index in [1.807, 2.05) is 37.3 Å². The van der Waals surface area contributed by atoms with E-state index in [1.165, 1.54) is 5.56 Å². The lowest BCUT2D eigenvalue weighted by Gasteiger charge is -2.17. The van der Waals surface area contributed by atoms with Crippen LogP contribution < -0.4 is 10.6 Å². The predicted molar refractivity (Wildman–Crippen MR) is 78.4 cm³/mol. The highest BCUT2D eigenvalue weighted by Gasteiger charge is 2.27. The minimum atomic E-state index is -0.184. The molecule has 20 heavy (non-hydrogen) atoms. The molecule has 1 aromatic heterocycles. The van der Waals surface area contributed by atoms with Gasteiger partial charge in [-0.15, -0.1) is 0 Å². The summed E-state index contributed by atoms with van der Waals surface area (Å²) >= 11 is 0. The number of rotatable bonds is 3. The van der Waals surface area contributed by atoms with E-state index in [1.54, 1.807) is 12.4 Å². The summed E-state index contributed by atoms with van der Waals surface area (Å²) in [5.41, 5.74) is 3.32. The maximum atomic E-state index is 12.3. The van der Waals surface area contributed by atoms with Crippen molar-refractivity contribution in [2.75, 3.05) is 5.32 Å². The molecule has 0 saturated heterocycles. The number of carbonyl (C=O) groups is 1. The van der Waals surface area contributed by atoms with Gasteiger partial charge in [0.2, 0.25) is 5.91 Å². The molecule has 0 radical (unpaired) electrons. The van der Waals surface area contributed by atoms with Crippen LogP contribution in [0.3, 0.4) is 0 Å². The fraction of sp³-hybridized carbons (Fsp3) is 0.250. The zero-order valence-corrected chi connectivity index (χ0v) is 11.3. The number of anilines is 1. The summed E-state index contributed by atoms with van der Waals surface area (Å²) in [5, 5.41) is 6.31. The fourth-order valence-corrected chi connectivity index (χ4v) is 2.51. The van der Waals surface area contributed by atoms with Gasteiger partial charge in [0.05, 0.1) is 6.04 Å². The molecule has 2 atom stereocenters. The van der Waals surface area contributed by atoms with Gasteiger partial charge >= 0.3 is 0 Å². The summed E-state index contributed by atoms with van der Waals surface area (Å²) in [5.74, 6) is 0.0329. The Morgan fingerprint density at radius 2 is 2.05 bits per heavy atom. The molecule has 0 aliphatic carbocycles. The second-order valence-electron chi connectivity index (χ2n) is 5.07. The predicted octanol–water partition coefficient (Wildman–Crippen LogP) is 2.30. The average Bonchev–Trinajstić information content (AvgIpc) is 2.92. The normalized spacial score (nSPS) is 17.9. The Morgan fingerprint density at radius 1 is 1.30 bits per heavy atom. The smallest absolute Gasteiger partial charge is 0.243 e. The first-order valence-corrected chi connectivity index (χ1v) is 6.79. The highest BCUT2D eigenvalue weighted by Crippen LogP contribution is 2.25. The molecule has 102 valence electrons. The number of nitrogens with zero attached hydrogens (tertiary/aromatic N) is 1. The second-order valence-corrected chi connectivity index (χ2v) is 5.07. The number of benzene rings is 1. The third kappa shape index (κ3) is 2.50. The zero-order valence-electron chi connectivity index (χ0n) is 11.3. The van der Waals surface area contributed by atoms with Crippen LogP contribution in [0.5, 0.6) is 0 Å². The highest BCUT2D eigenvalue weighted by atomic mass is 16.2. The molecular weight excluding hydrogens is 250 g/mol. The number of amides is 1. The maximum absolute atomic E-state index is 12.3. The Kier molecular flexibility index (Phi) is 3.37. The van der Waals surface area contributed by atoms with Crippen molar-refractivity contribution in [2.45, 2.75) is 25.4 Å². The number of hydrogen-bond donors (Lipinski definition) is 2. The average molecular weight is 267 g/mol. The van der Waals surface area contributed by atoms with Crippen LogP contribution in [0.15, 0.2) is 48.8 Å². The zero-order chi connectivity index (χ0) is 13.9. The van der Waals surface area contributed by atoms with Crippen molar-refractivity contribution < 1.29 is 4.79 Å². The summed E-state index contributed by atoms with van der Waals surface area (Å²) < 4.78 is 0. The highest BCUT2D eigenvalue weighted by molar-refractivity contribution is 5.87. The van der Waals surface area contributed by atoms with E-state index in [0.717, 1.165) is 17.7 Å². The quantitative estimate of drug-likeness (QED) is 0.897. The van der Waals surface area contributed by atoms with Gasteiger partial charge in [-0.05, 0) is 36.2 Å². The number of fused-ring (bicyclic) bond motifs is 1. The van der Waals surface area contributed by atoms with Gasteiger partial charge in [0, 0.05) is 24.5 Å². The van der Waals surface area contributed by atoms with Crippen LogP contribution in [-0.4, -0.2) is 16.9 Å². The standard InChI is InChI=1S/C16H17N3O/c1-11(12-6-8-17-9-7-12)18-16(20)15-10-13-4-2-3-5-14(13)19-15/h2-9,11,15,19H,10H2,1H3,(H,18,20)/t11-,15?/m0/s1. The van der Waals surface area contributed by atoms with Gasteiger partial charge in [-0.2, -0.15) is 0 Å². The van der Waals surface area contributed by atoms with Gasteiger partial charge < -0.3 is 10.6 Å². The SMILES string of the molecule is C[C@H](NC(=O)C1Cc2ccccc2N1)c1ccncc1. The van der Waals surface area contributed by atoms with Gasteiger partial charge in [-0.3, -0.25) is 9.78 Å². The van der Waals surface area contributed by atoms with Gasteiger partial charge in [0.15, 0.2) is 0 Å². The molecule has 1 aliphatic heterocycles. The van der Waals surface area contributed by atoms with Crippen molar-refractivity contribution in [1.29, 1.82) is 0 Å². The van der Waals surface area contributed by atoms with Gasteiger partial charge in [-0.25, -0.2) is 0 Å². The molecule has 0 fully saturated rings. The van der Waals surface area contributed by atoms with Gasteiger partial charge in [0.25, 0.3) is 0 Å².